The smallest absolute Gasteiger partial charge is 0.264 e. The highest BCUT2D eigenvalue weighted by molar-refractivity contribution is 5.95. The lowest BCUT2D eigenvalue weighted by Gasteiger charge is -2.35. The van der Waals surface area contributed by atoms with Crippen LogP contribution < -0.4 is 5.56 Å². The lowest BCUT2D eigenvalue weighted by atomic mass is 10.1. The number of ether oxygens (including phenoxy) is 1. The van der Waals surface area contributed by atoms with Gasteiger partial charge in [0.05, 0.1) is 29.7 Å². The predicted octanol–water partition coefficient (Wildman–Crippen LogP) is 0.767. The quantitative estimate of drug-likeness (QED) is 0.896. The van der Waals surface area contributed by atoms with E-state index >= 15 is 0 Å². The van der Waals surface area contributed by atoms with E-state index in [9.17, 15) is 9.59 Å². The summed E-state index contributed by atoms with van der Waals surface area (Å²) < 4.78 is 7.28. The summed E-state index contributed by atoms with van der Waals surface area (Å²) >= 11 is 0. The second-order valence-corrected chi connectivity index (χ2v) is 6.02. The Kier molecular flexibility index (Phi) is 4.48. The molecule has 0 bridgehead atoms. The molecule has 24 heavy (non-hydrogen) atoms. The molecule has 2 atom stereocenters. The second-order valence-electron chi connectivity index (χ2n) is 6.02. The summed E-state index contributed by atoms with van der Waals surface area (Å²) in [4.78, 5) is 25.9. The monoisotopic (exact) mass is 331 g/mol. The van der Waals surface area contributed by atoms with E-state index in [0.29, 0.717) is 30.9 Å². The van der Waals surface area contributed by atoms with Crippen molar-refractivity contribution in [2.75, 3.05) is 13.1 Å². The van der Waals surface area contributed by atoms with Crippen molar-refractivity contribution in [3.05, 3.63) is 39.9 Å². The summed E-state index contributed by atoms with van der Waals surface area (Å²) in [7, 11) is 0. The Labute approximate surface area is 139 Å². The van der Waals surface area contributed by atoms with Crippen LogP contribution >= 0.6 is 0 Å². The number of nitrogens with one attached hydrogen (secondary N) is 1. The molecule has 1 aliphatic heterocycles. The largest absolute Gasteiger partial charge is 0.372 e. The molecule has 3 rings (SSSR count). The molecule has 0 saturated carbocycles. The molecule has 1 saturated heterocycles. The highest BCUT2D eigenvalue weighted by Gasteiger charge is 2.29. The van der Waals surface area contributed by atoms with Gasteiger partial charge in [-0.25, -0.2) is 9.78 Å². The van der Waals surface area contributed by atoms with Gasteiger partial charge in [-0.05, 0) is 26.3 Å². The Balaban J connectivity index is 1.92. The number of hydrogen-bond acceptors (Lipinski definition) is 5. The summed E-state index contributed by atoms with van der Waals surface area (Å²) in [6.07, 6.45) is 2.22. The second kappa shape index (κ2) is 6.56. The molecule has 1 aliphatic rings. The van der Waals surface area contributed by atoms with Gasteiger partial charge in [-0.2, -0.15) is 10.2 Å². The van der Waals surface area contributed by atoms with Crippen LogP contribution in [0.2, 0.25) is 0 Å². The third-order valence-electron chi connectivity index (χ3n) is 4.02. The van der Waals surface area contributed by atoms with Crippen LogP contribution in [0.1, 0.15) is 36.8 Å². The minimum Gasteiger partial charge on any atom is -0.372 e. The van der Waals surface area contributed by atoms with Crippen molar-refractivity contribution < 1.29 is 9.53 Å². The first-order valence-corrected chi connectivity index (χ1v) is 8.07. The van der Waals surface area contributed by atoms with Gasteiger partial charge in [-0.15, -0.1) is 0 Å². The molecule has 128 valence electrons. The first-order valence-electron chi connectivity index (χ1n) is 8.07. The lowest BCUT2D eigenvalue weighted by Crippen LogP contribution is -2.48. The van der Waals surface area contributed by atoms with Crippen molar-refractivity contribution in [2.45, 2.75) is 39.4 Å². The first kappa shape index (κ1) is 16.4. The van der Waals surface area contributed by atoms with Crippen LogP contribution in [0.5, 0.6) is 0 Å². The molecule has 1 fully saturated rings. The van der Waals surface area contributed by atoms with Crippen molar-refractivity contribution in [3.63, 3.8) is 0 Å². The Morgan fingerprint density at radius 2 is 2.04 bits per heavy atom. The summed E-state index contributed by atoms with van der Waals surface area (Å²) in [5, 5.41) is 10.7. The van der Waals surface area contributed by atoms with Gasteiger partial charge < -0.3 is 9.64 Å². The number of amides is 1. The number of H-pyrrole nitrogens is 1. The molecule has 8 nitrogen and oxygen atoms in total. The zero-order valence-electron chi connectivity index (χ0n) is 14.0. The molecule has 1 amide bonds. The number of morpholine rings is 1. The van der Waals surface area contributed by atoms with Crippen LogP contribution in [0.15, 0.2) is 23.1 Å². The molecule has 1 N–H and O–H groups in total. The fraction of sp³-hybridized carbons (Fsp3) is 0.500. The molecular formula is C16H21N5O3. The molecule has 3 heterocycles. The highest BCUT2D eigenvalue weighted by atomic mass is 16.5. The third kappa shape index (κ3) is 3.09. The van der Waals surface area contributed by atoms with Gasteiger partial charge >= 0.3 is 0 Å². The van der Waals surface area contributed by atoms with Crippen LogP contribution in [0.4, 0.5) is 0 Å². The SMILES string of the molecule is CCc1c(C(=O)N2C[C@@H](C)O[C@H](C)C2)cnn1-c1ccc(=O)[nH]n1. The molecule has 2 aromatic heterocycles. The summed E-state index contributed by atoms with van der Waals surface area (Å²) in [6, 6.07) is 2.97. The van der Waals surface area contributed by atoms with E-state index in [0.717, 1.165) is 5.69 Å². The van der Waals surface area contributed by atoms with Crippen molar-refractivity contribution in [2.24, 2.45) is 0 Å². The number of hydrogen-bond donors (Lipinski definition) is 1. The van der Waals surface area contributed by atoms with E-state index in [1.54, 1.807) is 21.8 Å². The fourth-order valence-corrected chi connectivity index (χ4v) is 3.06. The maximum atomic E-state index is 12.9. The van der Waals surface area contributed by atoms with Crippen LogP contribution in [-0.4, -0.2) is 56.1 Å². The zero-order chi connectivity index (χ0) is 17.3. The topological polar surface area (TPSA) is 93.1 Å². The Bertz CT molecular complexity index is 767. The van der Waals surface area contributed by atoms with Crippen LogP contribution in [-0.2, 0) is 11.2 Å². The maximum Gasteiger partial charge on any atom is 0.264 e. The number of carbonyl (C=O) groups is 1. The average Bonchev–Trinajstić information content (AvgIpc) is 2.97. The lowest BCUT2D eigenvalue weighted by molar-refractivity contribution is -0.0586. The molecule has 0 aliphatic carbocycles. The van der Waals surface area contributed by atoms with Gasteiger partial charge in [0.1, 0.15) is 0 Å². The average molecular weight is 331 g/mol. The maximum absolute atomic E-state index is 12.9. The number of carbonyl (C=O) groups excluding carboxylic acids is 1. The number of nitrogens with zero attached hydrogens (tertiary/aromatic N) is 4. The molecule has 0 unspecified atom stereocenters. The Morgan fingerprint density at radius 1 is 1.33 bits per heavy atom. The van der Waals surface area contributed by atoms with E-state index in [4.69, 9.17) is 4.74 Å². The van der Waals surface area contributed by atoms with Crippen molar-refractivity contribution in [1.29, 1.82) is 0 Å². The minimum atomic E-state index is -0.281. The van der Waals surface area contributed by atoms with Gasteiger partial charge in [0.15, 0.2) is 5.82 Å². The molecule has 2 aromatic rings. The Morgan fingerprint density at radius 3 is 2.62 bits per heavy atom. The summed E-state index contributed by atoms with van der Waals surface area (Å²) in [6.45, 7) is 7.01. The molecule has 0 spiro atoms. The zero-order valence-corrected chi connectivity index (χ0v) is 14.0. The minimum absolute atomic E-state index is 0.0127. The molecule has 0 aromatic carbocycles. The molecule has 8 heteroatoms. The van der Waals surface area contributed by atoms with Gasteiger partial charge in [-0.3, -0.25) is 9.59 Å². The van der Waals surface area contributed by atoms with Crippen molar-refractivity contribution >= 4 is 5.91 Å². The number of aromatic amines is 1. The van der Waals surface area contributed by atoms with E-state index in [1.165, 1.54) is 6.07 Å². The predicted molar refractivity (Wildman–Crippen MR) is 87.3 cm³/mol. The van der Waals surface area contributed by atoms with Gasteiger partial charge in [0.2, 0.25) is 0 Å². The van der Waals surface area contributed by atoms with Gasteiger partial charge in [0, 0.05) is 19.2 Å². The highest BCUT2D eigenvalue weighted by Crippen LogP contribution is 2.19. The number of aromatic nitrogens is 4. The standard InChI is InChI=1S/C16H21N5O3/c1-4-13-12(16(23)20-8-10(2)24-11(3)9-20)7-17-21(13)14-5-6-15(22)19-18-14/h5-7,10-11H,4,8-9H2,1-3H3,(H,19,22)/t10-,11-/m1/s1. The van der Waals surface area contributed by atoms with E-state index in [2.05, 4.69) is 15.3 Å². The van der Waals surface area contributed by atoms with Gasteiger partial charge in [-0.1, -0.05) is 6.92 Å². The third-order valence-corrected chi connectivity index (χ3v) is 4.02. The Hall–Kier alpha value is -2.48. The normalized spacial score (nSPS) is 21.0. The van der Waals surface area contributed by atoms with Crippen LogP contribution in [0.25, 0.3) is 5.82 Å². The van der Waals surface area contributed by atoms with Crippen LogP contribution in [0, 0.1) is 0 Å². The molecular weight excluding hydrogens is 310 g/mol. The molecule has 0 radical (unpaired) electrons. The number of rotatable bonds is 3. The van der Waals surface area contributed by atoms with Crippen LogP contribution in [0.3, 0.4) is 0 Å². The first-order chi connectivity index (χ1) is 11.5. The van der Waals surface area contributed by atoms with Crippen molar-refractivity contribution in [1.82, 2.24) is 24.9 Å². The fourth-order valence-electron chi connectivity index (χ4n) is 3.06. The van der Waals surface area contributed by atoms with E-state index < -0.39 is 0 Å². The summed E-state index contributed by atoms with van der Waals surface area (Å²) in [5.41, 5.74) is 1.05. The van der Waals surface area contributed by atoms with E-state index in [-0.39, 0.29) is 23.7 Å². The summed E-state index contributed by atoms with van der Waals surface area (Å²) in [5.74, 6) is 0.429. The van der Waals surface area contributed by atoms with Crippen molar-refractivity contribution in [3.8, 4) is 5.82 Å². The van der Waals surface area contributed by atoms with E-state index in [1.807, 2.05) is 20.8 Å². The van der Waals surface area contributed by atoms with Gasteiger partial charge in [0.25, 0.3) is 11.5 Å².